The van der Waals surface area contributed by atoms with Gasteiger partial charge in [0, 0.05) is 5.56 Å². The van der Waals surface area contributed by atoms with Crippen LogP contribution in [0, 0.1) is 0 Å². The summed E-state index contributed by atoms with van der Waals surface area (Å²) in [5, 5.41) is 26.4. The largest absolute Gasteiger partial charge is 0.504 e. The third-order valence-electron chi connectivity index (χ3n) is 1.47. The van der Waals surface area contributed by atoms with Crippen LogP contribution >= 0.6 is 0 Å². The summed E-state index contributed by atoms with van der Waals surface area (Å²) in [6.07, 6.45) is 0. The molecule has 0 aromatic heterocycles. The maximum atomic E-state index is 10.2. The predicted octanol–water partition coefficient (Wildman–Crippen LogP) is 1.56. The van der Waals surface area contributed by atoms with E-state index in [4.69, 9.17) is 10.2 Å². The standard InChI is InChI=1S/C9H8O4/c10-7(8(11)9(12)13)6-4-2-1-3-5-6/h1-5,10-11H,(H,12,13). The molecule has 0 amide bonds. The number of aliphatic hydroxyl groups excluding tert-OH is 2. The number of rotatable bonds is 2. The fraction of sp³-hybridized carbons (Fsp3) is 0. The second kappa shape index (κ2) is 3.62. The summed E-state index contributed by atoms with van der Waals surface area (Å²) in [7, 11) is 0. The van der Waals surface area contributed by atoms with Crippen LogP contribution in [0.4, 0.5) is 0 Å². The molecule has 1 aromatic rings. The zero-order chi connectivity index (χ0) is 9.84. The lowest BCUT2D eigenvalue weighted by Gasteiger charge is -2.00. The van der Waals surface area contributed by atoms with Crippen molar-refractivity contribution >= 4 is 11.7 Å². The summed E-state index contributed by atoms with van der Waals surface area (Å²) >= 11 is 0. The molecule has 3 N–H and O–H groups in total. The quantitative estimate of drug-likeness (QED) is 0.476. The monoisotopic (exact) mass is 180 g/mol. The lowest BCUT2D eigenvalue weighted by Crippen LogP contribution is -2.02. The third-order valence-corrected chi connectivity index (χ3v) is 1.47. The van der Waals surface area contributed by atoms with Crippen LogP contribution in [0.3, 0.4) is 0 Å². The van der Waals surface area contributed by atoms with Gasteiger partial charge in [-0.1, -0.05) is 30.3 Å². The molecule has 0 saturated carbocycles. The van der Waals surface area contributed by atoms with Crippen LogP contribution < -0.4 is 0 Å². The molecule has 0 fully saturated rings. The molecule has 4 heteroatoms. The number of hydrogen-bond donors (Lipinski definition) is 3. The Hall–Kier alpha value is -1.97. The maximum absolute atomic E-state index is 10.2. The van der Waals surface area contributed by atoms with Crippen molar-refractivity contribution in [2.75, 3.05) is 0 Å². The van der Waals surface area contributed by atoms with Crippen LogP contribution in [-0.2, 0) is 4.79 Å². The van der Waals surface area contributed by atoms with E-state index in [2.05, 4.69) is 0 Å². The van der Waals surface area contributed by atoms with E-state index in [1.807, 2.05) is 0 Å². The minimum absolute atomic E-state index is 0.266. The van der Waals surface area contributed by atoms with Gasteiger partial charge in [0.15, 0.2) is 5.76 Å². The van der Waals surface area contributed by atoms with Gasteiger partial charge < -0.3 is 15.3 Å². The zero-order valence-corrected chi connectivity index (χ0v) is 6.64. The normalized spacial score (nSPS) is 12.0. The summed E-state index contributed by atoms with van der Waals surface area (Å²) in [4.78, 5) is 10.2. The van der Waals surface area contributed by atoms with E-state index >= 15 is 0 Å². The van der Waals surface area contributed by atoms with Crippen LogP contribution in [0.2, 0.25) is 0 Å². The Labute approximate surface area is 74.4 Å². The highest BCUT2D eigenvalue weighted by Gasteiger charge is 2.12. The Morgan fingerprint density at radius 1 is 1.00 bits per heavy atom. The van der Waals surface area contributed by atoms with Gasteiger partial charge in [-0.15, -0.1) is 0 Å². The lowest BCUT2D eigenvalue weighted by atomic mass is 10.2. The van der Waals surface area contributed by atoms with E-state index in [1.165, 1.54) is 12.1 Å². The highest BCUT2D eigenvalue weighted by Crippen LogP contribution is 2.13. The fourth-order valence-corrected chi connectivity index (χ4v) is 0.834. The molecular formula is C9H8O4. The van der Waals surface area contributed by atoms with Crippen LogP contribution in [-0.4, -0.2) is 21.3 Å². The molecule has 13 heavy (non-hydrogen) atoms. The number of aliphatic carboxylic acids is 1. The zero-order valence-electron chi connectivity index (χ0n) is 6.64. The van der Waals surface area contributed by atoms with Gasteiger partial charge in [0.25, 0.3) is 0 Å². The van der Waals surface area contributed by atoms with Crippen molar-refractivity contribution in [2.24, 2.45) is 0 Å². The van der Waals surface area contributed by atoms with Gasteiger partial charge in [-0.3, -0.25) is 0 Å². The molecule has 0 aliphatic rings. The minimum atomic E-state index is -1.55. The van der Waals surface area contributed by atoms with Crippen molar-refractivity contribution < 1.29 is 20.1 Å². The van der Waals surface area contributed by atoms with Gasteiger partial charge in [-0.2, -0.15) is 0 Å². The number of benzene rings is 1. The van der Waals surface area contributed by atoms with Crippen molar-refractivity contribution in [3.63, 3.8) is 0 Å². The molecule has 1 rings (SSSR count). The Bertz CT molecular complexity index is 340. The van der Waals surface area contributed by atoms with E-state index in [0.29, 0.717) is 0 Å². The second-order valence-corrected chi connectivity index (χ2v) is 2.37. The van der Waals surface area contributed by atoms with Gasteiger partial charge in [0.05, 0.1) is 0 Å². The van der Waals surface area contributed by atoms with E-state index in [0.717, 1.165) is 0 Å². The molecule has 0 heterocycles. The Morgan fingerprint density at radius 3 is 2.00 bits per heavy atom. The van der Waals surface area contributed by atoms with Crippen molar-refractivity contribution in [2.45, 2.75) is 0 Å². The summed E-state index contributed by atoms with van der Waals surface area (Å²) < 4.78 is 0. The second-order valence-electron chi connectivity index (χ2n) is 2.37. The van der Waals surface area contributed by atoms with E-state index in [9.17, 15) is 9.90 Å². The van der Waals surface area contributed by atoms with Crippen molar-refractivity contribution in [1.29, 1.82) is 0 Å². The Morgan fingerprint density at radius 2 is 1.54 bits per heavy atom. The van der Waals surface area contributed by atoms with Crippen LogP contribution in [0.15, 0.2) is 36.1 Å². The van der Waals surface area contributed by atoms with E-state index < -0.39 is 17.5 Å². The van der Waals surface area contributed by atoms with Crippen molar-refractivity contribution in [3.8, 4) is 0 Å². The van der Waals surface area contributed by atoms with E-state index in [-0.39, 0.29) is 5.56 Å². The molecule has 0 bridgehead atoms. The molecule has 1 aromatic carbocycles. The molecule has 0 unspecified atom stereocenters. The summed E-state index contributed by atoms with van der Waals surface area (Å²) in [6, 6.07) is 7.96. The average molecular weight is 180 g/mol. The summed E-state index contributed by atoms with van der Waals surface area (Å²) in [5.41, 5.74) is 0.266. The smallest absolute Gasteiger partial charge is 0.374 e. The van der Waals surface area contributed by atoms with Gasteiger partial charge >= 0.3 is 5.97 Å². The van der Waals surface area contributed by atoms with Crippen molar-refractivity contribution in [3.05, 3.63) is 41.7 Å². The topological polar surface area (TPSA) is 77.8 Å². The number of carboxylic acids is 1. The number of carboxylic acid groups (broad SMARTS) is 1. The lowest BCUT2D eigenvalue weighted by molar-refractivity contribution is -0.135. The molecule has 4 nitrogen and oxygen atoms in total. The molecular weight excluding hydrogens is 172 g/mol. The van der Waals surface area contributed by atoms with Gasteiger partial charge in [0.1, 0.15) is 0 Å². The van der Waals surface area contributed by atoms with Gasteiger partial charge in [0.2, 0.25) is 5.76 Å². The number of hydrogen-bond acceptors (Lipinski definition) is 3. The summed E-state index contributed by atoms with van der Waals surface area (Å²) in [6.45, 7) is 0. The molecule has 0 radical (unpaired) electrons. The Balaban J connectivity index is 3.11. The third kappa shape index (κ3) is 1.99. The predicted molar refractivity (Wildman–Crippen MR) is 46.3 cm³/mol. The molecule has 0 saturated heterocycles. The van der Waals surface area contributed by atoms with Crippen LogP contribution in [0.25, 0.3) is 5.76 Å². The first-order valence-electron chi connectivity index (χ1n) is 3.54. The molecule has 0 aliphatic heterocycles. The van der Waals surface area contributed by atoms with Crippen LogP contribution in [0.5, 0.6) is 0 Å². The maximum Gasteiger partial charge on any atom is 0.374 e. The average Bonchev–Trinajstić information content (AvgIpc) is 2.17. The molecule has 0 aliphatic carbocycles. The number of carbonyl (C=O) groups is 1. The van der Waals surface area contributed by atoms with Gasteiger partial charge in [-0.05, 0) is 0 Å². The molecule has 68 valence electrons. The molecule has 0 spiro atoms. The number of aliphatic hydroxyl groups is 2. The van der Waals surface area contributed by atoms with Gasteiger partial charge in [-0.25, -0.2) is 4.79 Å². The highest BCUT2D eigenvalue weighted by atomic mass is 16.4. The first kappa shape index (κ1) is 9.12. The van der Waals surface area contributed by atoms with Crippen molar-refractivity contribution in [1.82, 2.24) is 0 Å². The highest BCUT2D eigenvalue weighted by molar-refractivity contribution is 5.91. The first-order chi connectivity index (χ1) is 6.13. The van der Waals surface area contributed by atoms with E-state index in [1.54, 1.807) is 18.2 Å². The first-order valence-corrected chi connectivity index (χ1v) is 3.54. The summed E-state index contributed by atoms with van der Waals surface area (Å²) in [5.74, 6) is -3.24. The molecule has 0 atom stereocenters. The Kier molecular flexibility index (Phi) is 2.54. The minimum Gasteiger partial charge on any atom is -0.504 e. The fourth-order valence-electron chi connectivity index (χ4n) is 0.834. The van der Waals surface area contributed by atoms with Crippen LogP contribution in [0.1, 0.15) is 5.56 Å². The SMILES string of the molecule is O=C(O)C(O)=C(O)c1ccccc1.